The van der Waals surface area contributed by atoms with Crippen LogP contribution in [0.3, 0.4) is 0 Å². The van der Waals surface area contributed by atoms with Crippen molar-refractivity contribution in [2.45, 2.75) is 52.1 Å². The van der Waals surface area contributed by atoms with E-state index in [9.17, 15) is 14.4 Å². The third-order valence-electron chi connectivity index (χ3n) is 3.32. The molecular weight excluding hydrogens is 264 g/mol. The number of esters is 1. The summed E-state index contributed by atoms with van der Waals surface area (Å²) in [5, 5.41) is 14.0. The number of carboxylic acid groups (broad SMARTS) is 1. The minimum Gasteiger partial charge on any atom is -0.480 e. The van der Waals surface area contributed by atoms with Crippen LogP contribution in [-0.2, 0) is 14.3 Å². The van der Waals surface area contributed by atoms with Crippen molar-refractivity contribution in [3.05, 3.63) is 0 Å². The predicted octanol–water partition coefficient (Wildman–Crippen LogP) is 1.13. The SMILES string of the molecule is CCC(C)C(C)NC(=O)N[C@H](CCC(=O)OC)C(=O)O. The molecule has 0 aromatic heterocycles. The van der Waals surface area contributed by atoms with Crippen LogP contribution >= 0.6 is 0 Å². The lowest BCUT2D eigenvalue weighted by Crippen LogP contribution is -2.49. The van der Waals surface area contributed by atoms with E-state index in [0.29, 0.717) is 5.92 Å². The molecule has 3 atom stereocenters. The van der Waals surface area contributed by atoms with Crippen LogP contribution < -0.4 is 10.6 Å². The second-order valence-corrected chi connectivity index (χ2v) is 4.80. The number of carboxylic acids is 1. The average molecular weight is 288 g/mol. The Morgan fingerprint density at radius 1 is 1.20 bits per heavy atom. The number of amides is 2. The number of ether oxygens (including phenoxy) is 1. The Hall–Kier alpha value is -1.79. The third-order valence-corrected chi connectivity index (χ3v) is 3.32. The molecule has 0 aliphatic carbocycles. The highest BCUT2D eigenvalue weighted by Gasteiger charge is 2.22. The van der Waals surface area contributed by atoms with Crippen LogP contribution in [0, 0.1) is 5.92 Å². The molecule has 7 nitrogen and oxygen atoms in total. The lowest BCUT2D eigenvalue weighted by molar-refractivity contribution is -0.142. The van der Waals surface area contributed by atoms with Gasteiger partial charge < -0.3 is 20.5 Å². The monoisotopic (exact) mass is 288 g/mol. The molecule has 0 spiro atoms. The zero-order valence-electron chi connectivity index (χ0n) is 12.4. The van der Waals surface area contributed by atoms with E-state index in [2.05, 4.69) is 15.4 Å². The molecule has 0 aliphatic rings. The van der Waals surface area contributed by atoms with Gasteiger partial charge in [0.1, 0.15) is 6.04 Å². The fourth-order valence-corrected chi connectivity index (χ4v) is 1.52. The molecule has 3 N–H and O–H groups in total. The van der Waals surface area contributed by atoms with Crippen molar-refractivity contribution in [2.24, 2.45) is 5.92 Å². The summed E-state index contributed by atoms with van der Waals surface area (Å²) in [6.45, 7) is 5.87. The lowest BCUT2D eigenvalue weighted by atomic mass is 10.0. The Kier molecular flexibility index (Phi) is 8.35. The normalized spacial score (nSPS) is 14.8. The predicted molar refractivity (Wildman–Crippen MR) is 73.3 cm³/mol. The van der Waals surface area contributed by atoms with E-state index >= 15 is 0 Å². The molecular formula is C13H24N2O5. The van der Waals surface area contributed by atoms with Gasteiger partial charge in [0.25, 0.3) is 0 Å². The highest BCUT2D eigenvalue weighted by Crippen LogP contribution is 2.06. The van der Waals surface area contributed by atoms with Crippen molar-refractivity contribution in [3.63, 3.8) is 0 Å². The molecule has 0 heterocycles. The number of carbonyl (C=O) groups excluding carboxylic acids is 2. The first-order valence-electron chi connectivity index (χ1n) is 6.68. The number of methoxy groups -OCH3 is 1. The average Bonchev–Trinajstić information content (AvgIpc) is 2.41. The number of urea groups is 1. The molecule has 116 valence electrons. The molecule has 0 saturated heterocycles. The van der Waals surface area contributed by atoms with Crippen LogP contribution in [0.1, 0.15) is 40.0 Å². The lowest BCUT2D eigenvalue weighted by Gasteiger charge is -2.21. The molecule has 0 rings (SSSR count). The van der Waals surface area contributed by atoms with Crippen molar-refractivity contribution in [2.75, 3.05) is 7.11 Å². The summed E-state index contributed by atoms with van der Waals surface area (Å²) in [5.41, 5.74) is 0. The minimum absolute atomic E-state index is 0.00681. The summed E-state index contributed by atoms with van der Waals surface area (Å²) in [7, 11) is 1.23. The number of rotatable bonds is 8. The summed E-state index contributed by atoms with van der Waals surface area (Å²) < 4.78 is 4.44. The summed E-state index contributed by atoms with van der Waals surface area (Å²) in [5.74, 6) is -1.40. The van der Waals surface area contributed by atoms with E-state index < -0.39 is 24.0 Å². The van der Waals surface area contributed by atoms with E-state index in [0.717, 1.165) is 6.42 Å². The van der Waals surface area contributed by atoms with E-state index in [-0.39, 0.29) is 18.9 Å². The van der Waals surface area contributed by atoms with E-state index in [1.807, 2.05) is 20.8 Å². The van der Waals surface area contributed by atoms with Gasteiger partial charge in [-0.05, 0) is 19.3 Å². The smallest absolute Gasteiger partial charge is 0.326 e. The minimum atomic E-state index is -1.18. The highest BCUT2D eigenvalue weighted by molar-refractivity contribution is 5.83. The highest BCUT2D eigenvalue weighted by atomic mass is 16.5. The molecule has 7 heteroatoms. The van der Waals surface area contributed by atoms with Crippen LogP contribution in [0.15, 0.2) is 0 Å². The van der Waals surface area contributed by atoms with Crippen molar-refractivity contribution in [1.82, 2.24) is 10.6 Å². The summed E-state index contributed by atoms with van der Waals surface area (Å²) in [6, 6.07) is -1.72. The molecule has 0 aromatic carbocycles. The van der Waals surface area contributed by atoms with Crippen LogP contribution in [0.4, 0.5) is 4.79 Å². The van der Waals surface area contributed by atoms with Crippen molar-refractivity contribution < 1.29 is 24.2 Å². The number of hydrogen-bond donors (Lipinski definition) is 3. The molecule has 0 radical (unpaired) electrons. The topological polar surface area (TPSA) is 105 Å². The number of carbonyl (C=O) groups is 3. The molecule has 20 heavy (non-hydrogen) atoms. The summed E-state index contributed by atoms with van der Waals surface area (Å²) in [4.78, 5) is 33.7. The zero-order valence-corrected chi connectivity index (χ0v) is 12.4. The van der Waals surface area contributed by atoms with Crippen LogP contribution in [0.2, 0.25) is 0 Å². The van der Waals surface area contributed by atoms with Gasteiger partial charge in [-0.1, -0.05) is 20.3 Å². The summed E-state index contributed by atoms with van der Waals surface area (Å²) in [6.07, 6.45) is 0.841. The number of nitrogens with one attached hydrogen (secondary N) is 2. The van der Waals surface area contributed by atoms with Crippen molar-refractivity contribution in [3.8, 4) is 0 Å². The van der Waals surface area contributed by atoms with Gasteiger partial charge in [0.05, 0.1) is 7.11 Å². The Balaban J connectivity index is 4.34. The quantitative estimate of drug-likeness (QED) is 0.581. The maximum absolute atomic E-state index is 11.7. The van der Waals surface area contributed by atoms with Crippen LogP contribution in [0.5, 0.6) is 0 Å². The van der Waals surface area contributed by atoms with Gasteiger partial charge in [-0.15, -0.1) is 0 Å². The van der Waals surface area contributed by atoms with Gasteiger partial charge in [-0.2, -0.15) is 0 Å². The second kappa shape index (κ2) is 9.17. The first-order chi connectivity index (χ1) is 9.31. The Bertz CT molecular complexity index is 346. The number of hydrogen-bond acceptors (Lipinski definition) is 4. The van der Waals surface area contributed by atoms with Gasteiger partial charge in [-0.25, -0.2) is 9.59 Å². The first-order valence-corrected chi connectivity index (χ1v) is 6.68. The third kappa shape index (κ3) is 6.96. The van der Waals surface area contributed by atoms with Crippen LogP contribution in [0.25, 0.3) is 0 Å². The fourth-order valence-electron chi connectivity index (χ4n) is 1.52. The Morgan fingerprint density at radius 3 is 2.25 bits per heavy atom. The van der Waals surface area contributed by atoms with E-state index in [4.69, 9.17) is 5.11 Å². The standard InChI is InChI=1S/C13H24N2O5/c1-5-8(2)9(3)14-13(19)15-10(12(17)18)6-7-11(16)20-4/h8-10H,5-7H2,1-4H3,(H,17,18)(H2,14,15,19)/t8?,9?,10-/m1/s1. The molecule has 0 bridgehead atoms. The number of aliphatic carboxylic acids is 1. The molecule has 2 amide bonds. The van der Waals surface area contributed by atoms with Crippen molar-refractivity contribution >= 4 is 18.0 Å². The van der Waals surface area contributed by atoms with Crippen LogP contribution in [-0.4, -0.2) is 42.3 Å². The molecule has 0 aromatic rings. The van der Waals surface area contributed by atoms with Gasteiger partial charge >= 0.3 is 18.0 Å². The van der Waals surface area contributed by atoms with Gasteiger partial charge in [0.15, 0.2) is 0 Å². The molecule has 0 aliphatic heterocycles. The fraction of sp³-hybridized carbons (Fsp3) is 0.769. The molecule has 0 fully saturated rings. The Labute approximate surface area is 119 Å². The Morgan fingerprint density at radius 2 is 1.80 bits per heavy atom. The summed E-state index contributed by atoms with van der Waals surface area (Å²) >= 11 is 0. The van der Waals surface area contributed by atoms with Crippen molar-refractivity contribution in [1.29, 1.82) is 0 Å². The van der Waals surface area contributed by atoms with Gasteiger partial charge in [0, 0.05) is 12.5 Å². The largest absolute Gasteiger partial charge is 0.480 e. The van der Waals surface area contributed by atoms with Gasteiger partial charge in [-0.3, -0.25) is 4.79 Å². The first kappa shape index (κ1) is 18.2. The van der Waals surface area contributed by atoms with E-state index in [1.165, 1.54) is 7.11 Å². The second-order valence-electron chi connectivity index (χ2n) is 4.80. The molecule has 2 unspecified atom stereocenters. The maximum atomic E-state index is 11.7. The van der Waals surface area contributed by atoms with Gasteiger partial charge in [0.2, 0.25) is 0 Å². The van der Waals surface area contributed by atoms with E-state index in [1.54, 1.807) is 0 Å². The maximum Gasteiger partial charge on any atom is 0.326 e. The zero-order chi connectivity index (χ0) is 15.7. The molecule has 0 saturated carbocycles.